The van der Waals surface area contributed by atoms with Gasteiger partial charge >= 0.3 is 11.6 Å². The Morgan fingerprint density at radius 2 is 1.90 bits per heavy atom. The molecule has 1 unspecified atom stereocenters. The maximum absolute atomic E-state index is 12.8. The highest BCUT2D eigenvalue weighted by molar-refractivity contribution is 6.31. The minimum Gasteiger partial charge on any atom is -0.493 e. The highest BCUT2D eigenvalue weighted by Gasteiger charge is 2.28. The topological polar surface area (TPSA) is 75.0 Å². The number of esters is 1. The molecule has 3 aromatic rings. The van der Waals surface area contributed by atoms with E-state index >= 15 is 0 Å². The molecule has 0 fully saturated rings. The lowest BCUT2D eigenvalue weighted by Gasteiger charge is -2.19. The van der Waals surface area contributed by atoms with E-state index in [9.17, 15) is 9.59 Å². The van der Waals surface area contributed by atoms with Crippen molar-refractivity contribution in [1.82, 2.24) is 0 Å². The summed E-state index contributed by atoms with van der Waals surface area (Å²) in [7, 11) is 2.95. The number of carbonyl (C=O) groups excluding carboxylic acids is 1. The predicted molar refractivity (Wildman–Crippen MR) is 110 cm³/mol. The summed E-state index contributed by atoms with van der Waals surface area (Å²) in [5, 5.41) is 1.10. The fraction of sp³-hybridized carbons (Fsp3) is 0.273. The number of fused-ring (bicyclic) bond motifs is 1. The second-order valence-electron chi connectivity index (χ2n) is 6.30. The summed E-state index contributed by atoms with van der Waals surface area (Å²) >= 11 is 6.31. The molecule has 0 saturated carbocycles. The summed E-state index contributed by atoms with van der Waals surface area (Å²) in [6.45, 7) is 1.95. The van der Waals surface area contributed by atoms with E-state index in [0.717, 1.165) is 5.56 Å². The van der Waals surface area contributed by atoms with Gasteiger partial charge in [0.2, 0.25) is 5.75 Å². The van der Waals surface area contributed by atoms with E-state index in [4.69, 9.17) is 30.2 Å². The average Bonchev–Trinajstić information content (AvgIpc) is 2.71. The van der Waals surface area contributed by atoms with Gasteiger partial charge in [-0.2, -0.15) is 0 Å². The van der Waals surface area contributed by atoms with Crippen molar-refractivity contribution in [3.8, 4) is 11.5 Å². The van der Waals surface area contributed by atoms with Crippen LogP contribution in [0.4, 0.5) is 0 Å². The Bertz CT molecular complexity index is 1090. The largest absolute Gasteiger partial charge is 0.493 e. The Morgan fingerprint density at radius 3 is 2.55 bits per heavy atom. The van der Waals surface area contributed by atoms with Gasteiger partial charge in [0, 0.05) is 16.5 Å². The first kappa shape index (κ1) is 20.7. The fourth-order valence-electron chi connectivity index (χ4n) is 3.30. The summed E-state index contributed by atoms with van der Waals surface area (Å²) in [5.41, 5.74) is 0.861. The lowest BCUT2D eigenvalue weighted by molar-refractivity contribution is -0.144. The van der Waals surface area contributed by atoms with Crippen LogP contribution in [0.5, 0.6) is 11.5 Å². The molecule has 0 N–H and O–H groups in total. The zero-order valence-corrected chi connectivity index (χ0v) is 17.1. The first-order chi connectivity index (χ1) is 14.0. The summed E-state index contributed by atoms with van der Waals surface area (Å²) in [4.78, 5) is 25.2. The minimum absolute atomic E-state index is 0.211. The lowest BCUT2D eigenvalue weighted by atomic mass is 9.90. The van der Waals surface area contributed by atoms with Gasteiger partial charge in [-0.15, -0.1) is 0 Å². The number of halogens is 1. The second kappa shape index (κ2) is 9.01. The maximum atomic E-state index is 12.8. The van der Waals surface area contributed by atoms with Crippen molar-refractivity contribution in [3.63, 3.8) is 0 Å². The molecule has 0 bridgehead atoms. The molecule has 1 aromatic heterocycles. The van der Waals surface area contributed by atoms with Gasteiger partial charge in [0.1, 0.15) is 0 Å². The van der Waals surface area contributed by atoms with Gasteiger partial charge in [-0.05, 0) is 42.7 Å². The SMILES string of the molecule is CCOC(=O)C(Cc1ccccc1Cl)c1cc(=O)oc2c(OC)c(OC)ccc12. The van der Waals surface area contributed by atoms with Gasteiger partial charge in [-0.25, -0.2) is 4.79 Å². The molecule has 6 nitrogen and oxygen atoms in total. The first-order valence-electron chi connectivity index (χ1n) is 9.08. The molecule has 152 valence electrons. The summed E-state index contributed by atoms with van der Waals surface area (Å²) in [6.07, 6.45) is 0.269. The van der Waals surface area contributed by atoms with Crippen LogP contribution in [0.2, 0.25) is 5.02 Å². The first-order valence-corrected chi connectivity index (χ1v) is 9.46. The van der Waals surface area contributed by atoms with E-state index in [-0.39, 0.29) is 24.4 Å². The highest BCUT2D eigenvalue weighted by atomic mass is 35.5. The molecular weight excluding hydrogens is 396 g/mol. The van der Waals surface area contributed by atoms with Crippen LogP contribution in [-0.2, 0) is 16.0 Å². The number of hydrogen-bond donors (Lipinski definition) is 0. The molecule has 1 heterocycles. The van der Waals surface area contributed by atoms with Crippen LogP contribution < -0.4 is 15.1 Å². The van der Waals surface area contributed by atoms with E-state index in [1.54, 1.807) is 25.1 Å². The highest BCUT2D eigenvalue weighted by Crippen LogP contribution is 2.38. The van der Waals surface area contributed by atoms with Crippen LogP contribution in [0, 0.1) is 0 Å². The van der Waals surface area contributed by atoms with E-state index < -0.39 is 17.5 Å². The molecular formula is C22H21ClO6. The fourth-order valence-corrected chi connectivity index (χ4v) is 3.51. The Labute approximate surface area is 172 Å². The van der Waals surface area contributed by atoms with Crippen molar-refractivity contribution in [2.75, 3.05) is 20.8 Å². The van der Waals surface area contributed by atoms with Crippen molar-refractivity contribution in [2.24, 2.45) is 0 Å². The van der Waals surface area contributed by atoms with Gasteiger partial charge < -0.3 is 18.6 Å². The molecule has 0 aliphatic rings. The Morgan fingerprint density at radius 1 is 1.14 bits per heavy atom. The molecule has 0 aliphatic heterocycles. The molecule has 1 atom stereocenters. The lowest BCUT2D eigenvalue weighted by Crippen LogP contribution is -2.20. The second-order valence-corrected chi connectivity index (χ2v) is 6.71. The third-order valence-corrected chi connectivity index (χ3v) is 4.98. The molecule has 0 amide bonds. The van der Waals surface area contributed by atoms with Crippen molar-refractivity contribution >= 4 is 28.5 Å². The number of rotatable bonds is 7. The van der Waals surface area contributed by atoms with Crippen LogP contribution in [0.1, 0.15) is 24.0 Å². The third-order valence-electron chi connectivity index (χ3n) is 4.62. The van der Waals surface area contributed by atoms with E-state index in [0.29, 0.717) is 21.7 Å². The maximum Gasteiger partial charge on any atom is 0.336 e. The van der Waals surface area contributed by atoms with Crippen LogP contribution in [0.15, 0.2) is 51.7 Å². The summed E-state index contributed by atoms with van der Waals surface area (Å²) in [6, 6.07) is 12.0. The zero-order valence-electron chi connectivity index (χ0n) is 16.4. The van der Waals surface area contributed by atoms with Gasteiger partial charge in [0.05, 0.1) is 26.7 Å². The number of ether oxygens (including phenoxy) is 3. The van der Waals surface area contributed by atoms with Crippen molar-refractivity contribution in [1.29, 1.82) is 0 Å². The van der Waals surface area contributed by atoms with Crippen LogP contribution >= 0.6 is 11.6 Å². The smallest absolute Gasteiger partial charge is 0.336 e. The van der Waals surface area contributed by atoms with Gasteiger partial charge in [0.15, 0.2) is 11.3 Å². The summed E-state index contributed by atoms with van der Waals surface area (Å²) < 4.78 is 21.4. The molecule has 0 radical (unpaired) electrons. The van der Waals surface area contributed by atoms with Crippen LogP contribution in [0.25, 0.3) is 11.0 Å². The monoisotopic (exact) mass is 416 g/mol. The quantitative estimate of drug-likeness (QED) is 0.421. The predicted octanol–water partition coefficient (Wildman–Crippen LogP) is 4.35. The number of hydrogen-bond acceptors (Lipinski definition) is 6. The minimum atomic E-state index is -0.750. The van der Waals surface area contributed by atoms with Gasteiger partial charge in [-0.3, -0.25) is 4.79 Å². The summed E-state index contributed by atoms with van der Waals surface area (Å²) in [5.74, 6) is -0.503. The molecule has 0 saturated heterocycles. The Kier molecular flexibility index (Phi) is 6.44. The van der Waals surface area contributed by atoms with E-state index in [2.05, 4.69) is 0 Å². The van der Waals surface area contributed by atoms with Crippen molar-refractivity contribution in [2.45, 2.75) is 19.3 Å². The number of benzene rings is 2. The van der Waals surface area contributed by atoms with E-state index in [1.807, 2.05) is 18.2 Å². The number of methoxy groups -OCH3 is 2. The number of carbonyl (C=O) groups is 1. The van der Waals surface area contributed by atoms with Crippen LogP contribution in [0.3, 0.4) is 0 Å². The van der Waals surface area contributed by atoms with Gasteiger partial charge in [-0.1, -0.05) is 29.8 Å². The molecule has 0 aliphatic carbocycles. The average molecular weight is 417 g/mol. The van der Waals surface area contributed by atoms with E-state index in [1.165, 1.54) is 20.3 Å². The molecule has 3 rings (SSSR count). The molecule has 2 aromatic carbocycles. The standard InChI is InChI=1S/C22H21ClO6/c1-4-28-22(25)16(11-13-7-5-6-8-17(13)23)15-12-19(24)29-20-14(15)9-10-18(26-2)21(20)27-3/h5-10,12,16H,4,11H2,1-3H3. The van der Waals surface area contributed by atoms with Gasteiger partial charge in [0.25, 0.3) is 0 Å². The van der Waals surface area contributed by atoms with Crippen LogP contribution in [-0.4, -0.2) is 26.8 Å². The molecule has 7 heteroatoms. The van der Waals surface area contributed by atoms with Crippen molar-refractivity contribution < 1.29 is 23.4 Å². The normalized spacial score (nSPS) is 11.9. The third kappa shape index (κ3) is 4.22. The molecule has 0 spiro atoms. The Hall–Kier alpha value is -2.99. The Balaban J connectivity index is 2.23. The zero-order chi connectivity index (χ0) is 21.0. The molecule has 29 heavy (non-hydrogen) atoms. The van der Waals surface area contributed by atoms with Crippen molar-refractivity contribution in [3.05, 3.63) is 69.0 Å².